The molecule has 0 N–H and O–H groups in total. The van der Waals surface area contributed by atoms with Gasteiger partial charge in [0.1, 0.15) is 5.75 Å². The summed E-state index contributed by atoms with van der Waals surface area (Å²) >= 11 is 0. The lowest BCUT2D eigenvalue weighted by Crippen LogP contribution is -2.40. The lowest BCUT2D eigenvalue weighted by molar-refractivity contribution is -0.131. The SMILES string of the molecule is CCC(=O)N1CCCN(Cc2ccccc2)CCCN(C(=O)COc2ccccc2)c2c(C)cccc2C1. The van der Waals surface area contributed by atoms with E-state index in [1.165, 1.54) is 5.56 Å². The van der Waals surface area contributed by atoms with Crippen molar-refractivity contribution in [1.82, 2.24) is 9.80 Å². The summed E-state index contributed by atoms with van der Waals surface area (Å²) in [4.78, 5) is 32.9. The molecule has 0 spiro atoms. The lowest BCUT2D eigenvalue weighted by atomic mass is 10.0. The molecule has 2 amide bonds. The largest absolute Gasteiger partial charge is 0.484 e. The van der Waals surface area contributed by atoms with Crippen molar-refractivity contribution in [3.8, 4) is 5.75 Å². The van der Waals surface area contributed by atoms with Crippen molar-refractivity contribution < 1.29 is 14.3 Å². The fraction of sp³-hybridized carbons (Fsp3) is 0.375. The summed E-state index contributed by atoms with van der Waals surface area (Å²) in [5, 5.41) is 0. The number of carbonyl (C=O) groups is 2. The van der Waals surface area contributed by atoms with Crippen LogP contribution >= 0.6 is 0 Å². The molecule has 0 radical (unpaired) electrons. The van der Waals surface area contributed by atoms with Crippen LogP contribution in [0.1, 0.15) is 42.9 Å². The van der Waals surface area contributed by atoms with Crippen LogP contribution in [-0.4, -0.2) is 54.4 Å². The van der Waals surface area contributed by atoms with E-state index in [4.69, 9.17) is 4.74 Å². The Morgan fingerprint density at radius 3 is 2.18 bits per heavy atom. The topological polar surface area (TPSA) is 53.1 Å². The van der Waals surface area contributed by atoms with Gasteiger partial charge >= 0.3 is 0 Å². The molecule has 1 aliphatic heterocycles. The molecule has 0 aliphatic carbocycles. The van der Waals surface area contributed by atoms with Crippen LogP contribution in [0.5, 0.6) is 5.75 Å². The molecular formula is C32H39N3O3. The molecule has 200 valence electrons. The minimum atomic E-state index is -0.0792. The third-order valence-electron chi connectivity index (χ3n) is 7.02. The maximum atomic E-state index is 13.7. The maximum absolute atomic E-state index is 13.7. The third-order valence-corrected chi connectivity index (χ3v) is 7.02. The molecule has 1 aliphatic rings. The van der Waals surface area contributed by atoms with Crippen LogP contribution in [0.25, 0.3) is 0 Å². The summed E-state index contributed by atoms with van der Waals surface area (Å²) in [5.74, 6) is 0.729. The Morgan fingerprint density at radius 1 is 0.789 bits per heavy atom. The van der Waals surface area contributed by atoms with E-state index in [1.54, 1.807) is 0 Å². The fourth-order valence-corrected chi connectivity index (χ4v) is 5.10. The van der Waals surface area contributed by atoms with Gasteiger partial charge in [0.05, 0.1) is 5.69 Å². The van der Waals surface area contributed by atoms with E-state index in [9.17, 15) is 9.59 Å². The zero-order valence-electron chi connectivity index (χ0n) is 22.6. The summed E-state index contributed by atoms with van der Waals surface area (Å²) < 4.78 is 5.86. The first-order valence-electron chi connectivity index (χ1n) is 13.7. The highest BCUT2D eigenvalue weighted by atomic mass is 16.5. The number of rotatable bonds is 6. The summed E-state index contributed by atoms with van der Waals surface area (Å²) in [6.07, 6.45) is 2.21. The van der Waals surface area contributed by atoms with Crippen molar-refractivity contribution in [1.29, 1.82) is 0 Å². The Bertz CT molecular complexity index is 1180. The van der Waals surface area contributed by atoms with Gasteiger partial charge in [0.25, 0.3) is 5.91 Å². The minimum Gasteiger partial charge on any atom is -0.484 e. The van der Waals surface area contributed by atoms with Crippen LogP contribution < -0.4 is 9.64 Å². The van der Waals surface area contributed by atoms with E-state index in [0.29, 0.717) is 31.8 Å². The van der Waals surface area contributed by atoms with Crippen molar-refractivity contribution >= 4 is 17.5 Å². The van der Waals surface area contributed by atoms with Crippen molar-refractivity contribution in [2.24, 2.45) is 0 Å². The van der Waals surface area contributed by atoms with Crippen molar-refractivity contribution in [2.75, 3.05) is 37.7 Å². The average Bonchev–Trinajstić information content (AvgIpc) is 2.94. The number of hydrogen-bond donors (Lipinski definition) is 0. The first kappa shape index (κ1) is 27.4. The number of carbonyl (C=O) groups excluding carboxylic acids is 2. The van der Waals surface area contributed by atoms with E-state index in [1.807, 2.05) is 78.2 Å². The average molecular weight is 514 g/mol. The van der Waals surface area contributed by atoms with Crippen LogP contribution in [0, 0.1) is 6.92 Å². The van der Waals surface area contributed by atoms with Gasteiger partial charge in [0, 0.05) is 45.7 Å². The smallest absolute Gasteiger partial charge is 0.264 e. The van der Waals surface area contributed by atoms with E-state index in [0.717, 1.165) is 49.3 Å². The molecule has 4 rings (SSSR count). The van der Waals surface area contributed by atoms with Gasteiger partial charge in [-0.25, -0.2) is 0 Å². The van der Waals surface area contributed by atoms with Gasteiger partial charge < -0.3 is 14.5 Å². The molecule has 0 aromatic heterocycles. The number of hydrogen-bond acceptors (Lipinski definition) is 4. The van der Waals surface area contributed by atoms with Gasteiger partial charge in [-0.2, -0.15) is 0 Å². The minimum absolute atomic E-state index is 0.0386. The van der Waals surface area contributed by atoms with Crippen molar-refractivity contribution in [3.63, 3.8) is 0 Å². The monoisotopic (exact) mass is 513 g/mol. The van der Waals surface area contributed by atoms with Crippen molar-refractivity contribution in [2.45, 2.75) is 46.2 Å². The zero-order chi connectivity index (χ0) is 26.7. The molecule has 38 heavy (non-hydrogen) atoms. The standard InChI is InChI=1S/C32H39N3O3/c1-3-30(36)34-21-11-19-33(23-27-14-6-4-7-15-27)20-12-22-35(32-26(2)13-10-16-28(32)24-34)31(37)25-38-29-17-8-5-9-18-29/h4-10,13-18H,3,11-12,19-25H2,1-2H3. The number of fused-ring (bicyclic) bond motifs is 1. The maximum Gasteiger partial charge on any atom is 0.264 e. The Hall–Kier alpha value is -3.64. The quantitative estimate of drug-likeness (QED) is 0.440. The molecule has 0 saturated carbocycles. The molecule has 0 fully saturated rings. The van der Waals surface area contributed by atoms with Crippen LogP contribution in [0.15, 0.2) is 78.9 Å². The second-order valence-corrected chi connectivity index (χ2v) is 9.87. The molecule has 3 aromatic rings. The van der Waals surface area contributed by atoms with Crippen molar-refractivity contribution in [3.05, 3.63) is 95.6 Å². The predicted octanol–water partition coefficient (Wildman–Crippen LogP) is 5.44. The highest BCUT2D eigenvalue weighted by Gasteiger charge is 2.24. The molecule has 0 saturated heterocycles. The first-order chi connectivity index (χ1) is 18.5. The van der Waals surface area contributed by atoms with Gasteiger partial charge in [-0.3, -0.25) is 14.5 Å². The van der Waals surface area contributed by atoms with E-state index >= 15 is 0 Å². The van der Waals surface area contributed by atoms with Crippen LogP contribution in [0.2, 0.25) is 0 Å². The molecule has 0 atom stereocenters. The van der Waals surface area contributed by atoms with Gasteiger partial charge in [-0.15, -0.1) is 0 Å². The van der Waals surface area contributed by atoms with Gasteiger partial charge in [-0.05, 0) is 48.6 Å². The predicted molar refractivity (Wildman–Crippen MR) is 152 cm³/mol. The molecule has 6 nitrogen and oxygen atoms in total. The highest BCUT2D eigenvalue weighted by molar-refractivity contribution is 5.96. The summed E-state index contributed by atoms with van der Waals surface area (Å²) in [6, 6.07) is 26.0. The summed E-state index contributed by atoms with van der Waals surface area (Å²) in [7, 11) is 0. The number of nitrogens with zero attached hydrogens (tertiary/aromatic N) is 3. The number of aryl methyl sites for hydroxylation is 1. The first-order valence-corrected chi connectivity index (χ1v) is 13.7. The van der Waals surface area contributed by atoms with Gasteiger partial charge in [-0.1, -0.05) is 73.7 Å². The van der Waals surface area contributed by atoms with Gasteiger partial charge in [0.2, 0.25) is 5.91 Å². The fourth-order valence-electron chi connectivity index (χ4n) is 5.10. The second-order valence-electron chi connectivity index (χ2n) is 9.87. The number of benzene rings is 3. The normalized spacial score (nSPS) is 15.2. The summed E-state index contributed by atoms with van der Waals surface area (Å²) in [5.41, 5.74) is 4.20. The highest BCUT2D eigenvalue weighted by Crippen LogP contribution is 2.28. The van der Waals surface area contributed by atoms with E-state index < -0.39 is 0 Å². The van der Waals surface area contributed by atoms with Crippen LogP contribution in [-0.2, 0) is 22.7 Å². The Labute approximate surface area is 226 Å². The van der Waals surface area contributed by atoms with Crippen LogP contribution in [0.3, 0.4) is 0 Å². The summed E-state index contributed by atoms with van der Waals surface area (Å²) in [6.45, 7) is 8.29. The Kier molecular flexibility index (Phi) is 9.93. The number of amides is 2. The molecule has 0 bridgehead atoms. The molecule has 1 heterocycles. The zero-order valence-corrected chi connectivity index (χ0v) is 22.6. The van der Waals surface area contributed by atoms with Crippen LogP contribution in [0.4, 0.5) is 5.69 Å². The number of ether oxygens (including phenoxy) is 1. The molecule has 6 heteroatoms. The van der Waals surface area contributed by atoms with Gasteiger partial charge in [0.15, 0.2) is 6.61 Å². The Morgan fingerprint density at radius 2 is 1.47 bits per heavy atom. The number of para-hydroxylation sites is 2. The van der Waals surface area contributed by atoms with E-state index in [-0.39, 0.29) is 18.4 Å². The molecular weight excluding hydrogens is 474 g/mol. The second kappa shape index (κ2) is 13.8. The Balaban J connectivity index is 1.61. The lowest BCUT2D eigenvalue weighted by Gasteiger charge is -2.32. The number of anilines is 1. The molecule has 3 aromatic carbocycles. The molecule has 0 unspecified atom stereocenters. The third kappa shape index (κ3) is 7.45. The van der Waals surface area contributed by atoms with E-state index in [2.05, 4.69) is 29.2 Å².